The summed E-state index contributed by atoms with van der Waals surface area (Å²) >= 11 is 0. The lowest BCUT2D eigenvalue weighted by Crippen LogP contribution is -2.32. The average molecular weight is 316 g/mol. The van der Waals surface area contributed by atoms with Gasteiger partial charge >= 0.3 is 5.97 Å². The molecule has 0 unspecified atom stereocenters. The number of anilines is 1. The van der Waals surface area contributed by atoms with Crippen molar-refractivity contribution in [2.75, 3.05) is 26.0 Å². The Morgan fingerprint density at radius 2 is 2.00 bits per heavy atom. The summed E-state index contributed by atoms with van der Waals surface area (Å²) in [5.41, 5.74) is 0.190. The summed E-state index contributed by atoms with van der Waals surface area (Å²) in [4.78, 5) is 21.6. The van der Waals surface area contributed by atoms with Gasteiger partial charge in [0.15, 0.2) is 0 Å². The van der Waals surface area contributed by atoms with Crippen LogP contribution in [0.15, 0.2) is 23.1 Å². The van der Waals surface area contributed by atoms with Gasteiger partial charge in [-0.2, -0.15) is 4.31 Å². The van der Waals surface area contributed by atoms with Crippen LogP contribution in [0.5, 0.6) is 5.75 Å². The monoisotopic (exact) mass is 316 g/mol. The third-order valence-electron chi connectivity index (χ3n) is 2.55. The first-order valence-corrected chi connectivity index (χ1v) is 7.26. The zero-order valence-electron chi connectivity index (χ0n) is 11.8. The van der Waals surface area contributed by atoms with Gasteiger partial charge in [0, 0.05) is 14.0 Å². The number of hydrogen-bond donors (Lipinski definition) is 2. The smallest absolute Gasteiger partial charge is 0.318 e. The first-order valence-electron chi connectivity index (χ1n) is 5.82. The van der Waals surface area contributed by atoms with Crippen molar-refractivity contribution in [3.8, 4) is 5.75 Å². The lowest BCUT2D eigenvalue weighted by Gasteiger charge is -2.16. The number of amides is 1. The van der Waals surface area contributed by atoms with Crippen LogP contribution in [0.4, 0.5) is 5.69 Å². The number of aliphatic carboxylic acids is 1. The molecule has 0 fully saturated rings. The molecule has 0 saturated carbocycles. The van der Waals surface area contributed by atoms with Gasteiger partial charge in [-0.1, -0.05) is 0 Å². The second-order valence-corrected chi connectivity index (χ2v) is 6.24. The van der Waals surface area contributed by atoms with Gasteiger partial charge in [0.25, 0.3) is 0 Å². The average Bonchev–Trinajstić information content (AvgIpc) is 2.37. The van der Waals surface area contributed by atoms with Gasteiger partial charge in [0.05, 0.1) is 17.7 Å². The molecule has 0 atom stereocenters. The molecule has 0 aromatic heterocycles. The molecule has 1 aromatic rings. The lowest BCUT2D eigenvalue weighted by molar-refractivity contribution is -0.137. The lowest BCUT2D eigenvalue weighted by atomic mass is 10.3. The molecule has 1 rings (SSSR count). The van der Waals surface area contributed by atoms with Crippen molar-refractivity contribution in [2.24, 2.45) is 0 Å². The van der Waals surface area contributed by atoms with E-state index in [0.29, 0.717) is 10.1 Å². The molecule has 0 aliphatic heterocycles. The van der Waals surface area contributed by atoms with Gasteiger partial charge in [-0.05, 0) is 18.2 Å². The Balaban J connectivity index is 3.24. The van der Waals surface area contributed by atoms with E-state index < -0.39 is 22.5 Å². The highest BCUT2D eigenvalue weighted by Gasteiger charge is 2.24. The molecule has 0 aliphatic rings. The number of carbonyl (C=O) groups excluding carboxylic acids is 1. The Morgan fingerprint density at radius 3 is 2.48 bits per heavy atom. The number of benzene rings is 1. The second kappa shape index (κ2) is 6.55. The minimum absolute atomic E-state index is 0.143. The normalized spacial score (nSPS) is 11.2. The summed E-state index contributed by atoms with van der Waals surface area (Å²) < 4.78 is 30.2. The molecule has 1 aromatic carbocycles. The summed E-state index contributed by atoms with van der Waals surface area (Å²) in [5.74, 6) is -1.36. The van der Waals surface area contributed by atoms with Crippen LogP contribution in [0.25, 0.3) is 0 Å². The van der Waals surface area contributed by atoms with Gasteiger partial charge in [-0.25, -0.2) is 8.42 Å². The quantitative estimate of drug-likeness (QED) is 0.783. The fourth-order valence-electron chi connectivity index (χ4n) is 1.59. The molecule has 116 valence electrons. The topological polar surface area (TPSA) is 113 Å². The minimum Gasteiger partial charge on any atom is -0.495 e. The molecule has 0 radical (unpaired) electrons. The van der Waals surface area contributed by atoms with Gasteiger partial charge in [0.2, 0.25) is 15.9 Å². The van der Waals surface area contributed by atoms with E-state index >= 15 is 0 Å². The van der Waals surface area contributed by atoms with E-state index in [9.17, 15) is 18.0 Å². The molecule has 0 spiro atoms. The molecule has 0 heterocycles. The Morgan fingerprint density at radius 1 is 1.38 bits per heavy atom. The molecule has 21 heavy (non-hydrogen) atoms. The predicted molar refractivity (Wildman–Crippen MR) is 74.7 cm³/mol. The highest BCUT2D eigenvalue weighted by Crippen LogP contribution is 2.28. The fraction of sp³-hybridized carbons (Fsp3) is 0.333. The van der Waals surface area contributed by atoms with Gasteiger partial charge in [-0.15, -0.1) is 0 Å². The molecule has 1 amide bonds. The van der Waals surface area contributed by atoms with E-state index in [0.717, 1.165) is 7.05 Å². The van der Waals surface area contributed by atoms with E-state index in [2.05, 4.69) is 5.32 Å². The summed E-state index contributed by atoms with van der Waals surface area (Å²) in [5, 5.41) is 11.1. The largest absolute Gasteiger partial charge is 0.495 e. The van der Waals surface area contributed by atoms with Gasteiger partial charge in [-0.3, -0.25) is 9.59 Å². The van der Waals surface area contributed by atoms with E-state index in [1.54, 1.807) is 0 Å². The SMILES string of the molecule is COc1ccc(S(=O)(=O)N(C)CC(=O)O)cc1NC(C)=O. The molecular formula is C12H16N2O6S. The molecule has 0 bridgehead atoms. The van der Waals surface area contributed by atoms with Crippen molar-refractivity contribution in [1.29, 1.82) is 0 Å². The highest BCUT2D eigenvalue weighted by atomic mass is 32.2. The van der Waals surface area contributed by atoms with Crippen molar-refractivity contribution < 1.29 is 27.9 Å². The van der Waals surface area contributed by atoms with E-state index in [1.165, 1.54) is 32.2 Å². The number of ether oxygens (including phenoxy) is 1. The molecular weight excluding hydrogens is 300 g/mol. The van der Waals surface area contributed by atoms with Crippen LogP contribution in [0.3, 0.4) is 0 Å². The third-order valence-corrected chi connectivity index (χ3v) is 4.35. The summed E-state index contributed by atoms with van der Waals surface area (Å²) in [6, 6.07) is 3.87. The Kier molecular flexibility index (Phi) is 5.28. The summed E-state index contributed by atoms with van der Waals surface area (Å²) in [6.07, 6.45) is 0. The van der Waals surface area contributed by atoms with Crippen molar-refractivity contribution in [2.45, 2.75) is 11.8 Å². The number of hydrogen-bond acceptors (Lipinski definition) is 5. The van der Waals surface area contributed by atoms with Crippen LogP contribution in [-0.2, 0) is 19.6 Å². The first kappa shape index (κ1) is 16.9. The number of nitrogens with one attached hydrogen (secondary N) is 1. The first-order chi connectivity index (χ1) is 9.68. The number of carboxylic acid groups (broad SMARTS) is 1. The molecule has 2 N–H and O–H groups in total. The Bertz CT molecular complexity index is 656. The molecule has 0 aliphatic carbocycles. The van der Waals surface area contributed by atoms with Crippen molar-refractivity contribution in [3.63, 3.8) is 0 Å². The third kappa shape index (κ3) is 4.17. The number of nitrogens with zero attached hydrogens (tertiary/aromatic N) is 1. The number of sulfonamides is 1. The minimum atomic E-state index is -3.97. The maximum Gasteiger partial charge on any atom is 0.318 e. The van der Waals surface area contributed by atoms with E-state index in [1.807, 2.05) is 0 Å². The summed E-state index contributed by atoms with van der Waals surface area (Å²) in [7, 11) is -1.43. The summed E-state index contributed by atoms with van der Waals surface area (Å²) in [6.45, 7) is 0.612. The van der Waals surface area contributed by atoms with E-state index in [-0.39, 0.29) is 16.5 Å². The zero-order valence-corrected chi connectivity index (χ0v) is 12.6. The van der Waals surface area contributed by atoms with E-state index in [4.69, 9.17) is 9.84 Å². The predicted octanol–water partition coefficient (Wildman–Crippen LogP) is 0.359. The molecule has 0 saturated heterocycles. The van der Waals surface area contributed by atoms with Crippen molar-refractivity contribution >= 4 is 27.6 Å². The Labute approximate surface area is 122 Å². The maximum atomic E-state index is 12.2. The van der Waals surface area contributed by atoms with Crippen LogP contribution in [0.1, 0.15) is 6.92 Å². The van der Waals surface area contributed by atoms with Crippen molar-refractivity contribution in [1.82, 2.24) is 4.31 Å². The van der Waals surface area contributed by atoms with Crippen LogP contribution in [-0.4, -0.2) is 50.4 Å². The van der Waals surface area contributed by atoms with Crippen LogP contribution < -0.4 is 10.1 Å². The fourth-order valence-corrected chi connectivity index (χ4v) is 2.74. The second-order valence-electron chi connectivity index (χ2n) is 4.20. The van der Waals surface area contributed by atoms with Gasteiger partial charge < -0.3 is 15.2 Å². The number of rotatable bonds is 6. The van der Waals surface area contributed by atoms with Crippen LogP contribution in [0, 0.1) is 0 Å². The van der Waals surface area contributed by atoms with Crippen LogP contribution >= 0.6 is 0 Å². The standard InChI is InChI=1S/C12H16N2O6S/c1-8(15)13-10-6-9(4-5-11(10)20-3)21(18,19)14(2)7-12(16)17/h4-6H,7H2,1-3H3,(H,13,15)(H,16,17). The zero-order chi connectivity index (χ0) is 16.2. The maximum absolute atomic E-state index is 12.2. The van der Waals surface area contributed by atoms with Crippen LogP contribution in [0.2, 0.25) is 0 Å². The number of methoxy groups -OCH3 is 1. The Hall–Kier alpha value is -2.13. The molecule has 9 heteroatoms. The van der Waals surface area contributed by atoms with Gasteiger partial charge in [0.1, 0.15) is 12.3 Å². The highest BCUT2D eigenvalue weighted by molar-refractivity contribution is 7.89. The molecule has 8 nitrogen and oxygen atoms in total. The number of carboxylic acids is 1. The van der Waals surface area contributed by atoms with Crippen molar-refractivity contribution in [3.05, 3.63) is 18.2 Å². The number of likely N-dealkylation sites (N-methyl/N-ethyl adjacent to an activating group) is 1. The number of carbonyl (C=O) groups is 2.